The van der Waals surface area contributed by atoms with Crippen LogP contribution in [0.5, 0.6) is 5.75 Å². The lowest BCUT2D eigenvalue weighted by Gasteiger charge is -2.31. The summed E-state index contributed by atoms with van der Waals surface area (Å²) >= 11 is 0. The third-order valence-electron chi connectivity index (χ3n) is 5.92. The Morgan fingerprint density at radius 2 is 2.12 bits per heavy atom. The monoisotopic (exact) mass is 448 g/mol. The summed E-state index contributed by atoms with van der Waals surface area (Å²) < 4.78 is 6.95. The average molecular weight is 449 g/mol. The molecule has 4 rings (SSSR count). The number of rotatable bonds is 6. The molecule has 172 valence electrons. The lowest BCUT2D eigenvalue weighted by atomic mass is 9.96. The van der Waals surface area contributed by atoms with Gasteiger partial charge in [-0.15, -0.1) is 0 Å². The number of aromatic nitrogens is 4. The molecule has 1 atom stereocenters. The predicted octanol–water partition coefficient (Wildman–Crippen LogP) is 2.48. The molecule has 2 aromatic heterocycles. The summed E-state index contributed by atoms with van der Waals surface area (Å²) in [6, 6.07) is 7.55. The van der Waals surface area contributed by atoms with Crippen LogP contribution in [0.3, 0.4) is 0 Å². The summed E-state index contributed by atoms with van der Waals surface area (Å²) in [5.41, 5.74) is 2.01. The first kappa shape index (κ1) is 22.4. The molecule has 1 saturated heterocycles. The minimum Gasteiger partial charge on any atom is -0.497 e. The number of hydrogen-bond donors (Lipinski definition) is 1. The minimum absolute atomic E-state index is 0.0237. The van der Waals surface area contributed by atoms with Gasteiger partial charge in [0, 0.05) is 51.2 Å². The van der Waals surface area contributed by atoms with Crippen molar-refractivity contribution in [3.05, 3.63) is 71.3 Å². The number of carbonyl (C=O) groups is 2. The highest BCUT2D eigenvalue weighted by Crippen LogP contribution is 2.26. The van der Waals surface area contributed by atoms with Crippen LogP contribution in [0.4, 0.5) is 0 Å². The molecule has 0 aliphatic carbocycles. The standard InChI is InChI=1S/C24H28N6O3/c1-16-20(23(31)27-13-17-6-4-8-19(12-17)33-3)14-26-21(28-16)18-7-5-10-30(15-18)24(32)22-25-9-11-29(22)2/h4,6,8-9,11-12,14,18H,5,7,10,13,15H2,1-3H3,(H,27,31). The van der Waals surface area contributed by atoms with Gasteiger partial charge in [0.1, 0.15) is 11.6 Å². The van der Waals surface area contributed by atoms with Crippen molar-refractivity contribution in [2.45, 2.75) is 32.2 Å². The highest BCUT2D eigenvalue weighted by Gasteiger charge is 2.29. The molecule has 0 spiro atoms. The SMILES string of the molecule is COc1cccc(CNC(=O)c2cnc(C3CCCN(C(=O)c4nccn4C)C3)nc2C)c1. The van der Waals surface area contributed by atoms with Crippen LogP contribution in [0.2, 0.25) is 0 Å². The molecular weight excluding hydrogens is 420 g/mol. The number of imidazole rings is 1. The van der Waals surface area contributed by atoms with E-state index in [-0.39, 0.29) is 17.7 Å². The second-order valence-corrected chi connectivity index (χ2v) is 8.21. The van der Waals surface area contributed by atoms with Crippen molar-refractivity contribution in [1.29, 1.82) is 0 Å². The Hall–Kier alpha value is -3.75. The van der Waals surface area contributed by atoms with Gasteiger partial charge < -0.3 is 19.5 Å². The molecule has 1 unspecified atom stereocenters. The number of likely N-dealkylation sites (tertiary alicyclic amines) is 1. The van der Waals surface area contributed by atoms with Crippen molar-refractivity contribution in [1.82, 2.24) is 29.7 Å². The number of aryl methyl sites for hydroxylation is 2. The Labute approximate surface area is 192 Å². The van der Waals surface area contributed by atoms with Gasteiger partial charge in [0.05, 0.1) is 18.4 Å². The number of benzene rings is 1. The highest BCUT2D eigenvalue weighted by atomic mass is 16.5. The molecule has 0 bridgehead atoms. The van der Waals surface area contributed by atoms with Gasteiger partial charge in [0.2, 0.25) is 0 Å². The van der Waals surface area contributed by atoms with Crippen molar-refractivity contribution in [2.24, 2.45) is 7.05 Å². The Morgan fingerprint density at radius 3 is 2.85 bits per heavy atom. The third-order valence-corrected chi connectivity index (χ3v) is 5.92. The van der Waals surface area contributed by atoms with Crippen LogP contribution < -0.4 is 10.1 Å². The summed E-state index contributed by atoms with van der Waals surface area (Å²) in [6.07, 6.45) is 6.73. The second kappa shape index (κ2) is 9.81. The molecule has 1 N–H and O–H groups in total. The molecule has 0 radical (unpaired) electrons. The fourth-order valence-corrected chi connectivity index (χ4v) is 4.05. The summed E-state index contributed by atoms with van der Waals surface area (Å²) in [5.74, 6) is 1.55. The highest BCUT2D eigenvalue weighted by molar-refractivity contribution is 5.94. The van der Waals surface area contributed by atoms with Crippen molar-refractivity contribution in [3.8, 4) is 5.75 Å². The minimum atomic E-state index is -0.225. The summed E-state index contributed by atoms with van der Waals surface area (Å²) in [5, 5.41) is 2.91. The van der Waals surface area contributed by atoms with E-state index in [0.717, 1.165) is 24.2 Å². The summed E-state index contributed by atoms with van der Waals surface area (Å²) in [4.78, 5) is 40.6. The molecule has 9 nitrogen and oxygen atoms in total. The van der Waals surface area contributed by atoms with Crippen molar-refractivity contribution >= 4 is 11.8 Å². The van der Waals surface area contributed by atoms with Gasteiger partial charge >= 0.3 is 0 Å². The normalized spacial score (nSPS) is 15.8. The Kier molecular flexibility index (Phi) is 6.67. The zero-order chi connectivity index (χ0) is 23.4. The van der Waals surface area contributed by atoms with Crippen LogP contribution in [-0.4, -0.2) is 56.4 Å². The summed E-state index contributed by atoms with van der Waals surface area (Å²) in [7, 11) is 3.42. The molecule has 0 saturated carbocycles. The first-order chi connectivity index (χ1) is 16.0. The second-order valence-electron chi connectivity index (χ2n) is 8.21. The third kappa shape index (κ3) is 5.02. The molecular formula is C24H28N6O3. The zero-order valence-electron chi connectivity index (χ0n) is 19.1. The van der Waals surface area contributed by atoms with Gasteiger partial charge in [-0.25, -0.2) is 15.0 Å². The lowest BCUT2D eigenvalue weighted by Crippen LogP contribution is -2.40. The molecule has 2 amide bonds. The van der Waals surface area contributed by atoms with Crippen molar-refractivity contribution < 1.29 is 14.3 Å². The van der Waals surface area contributed by atoms with Gasteiger partial charge in [-0.2, -0.15) is 0 Å². The fourth-order valence-electron chi connectivity index (χ4n) is 4.05. The fraction of sp³-hybridized carbons (Fsp3) is 0.375. The van der Waals surface area contributed by atoms with E-state index in [2.05, 4.69) is 20.3 Å². The number of hydrogen-bond acceptors (Lipinski definition) is 6. The molecule has 9 heteroatoms. The number of carbonyl (C=O) groups excluding carboxylic acids is 2. The zero-order valence-corrected chi connectivity index (χ0v) is 19.1. The van der Waals surface area contributed by atoms with E-state index >= 15 is 0 Å². The van der Waals surface area contributed by atoms with E-state index in [1.165, 1.54) is 0 Å². The van der Waals surface area contributed by atoms with E-state index in [0.29, 0.717) is 42.5 Å². The van der Waals surface area contributed by atoms with Crippen molar-refractivity contribution in [2.75, 3.05) is 20.2 Å². The van der Waals surface area contributed by atoms with Crippen LogP contribution >= 0.6 is 0 Å². The predicted molar refractivity (Wildman–Crippen MR) is 122 cm³/mol. The number of piperidine rings is 1. The van der Waals surface area contributed by atoms with Crippen LogP contribution in [0.1, 0.15) is 56.8 Å². The van der Waals surface area contributed by atoms with Crippen LogP contribution in [0.25, 0.3) is 0 Å². The average Bonchev–Trinajstić information content (AvgIpc) is 3.28. The number of nitrogens with zero attached hydrogens (tertiary/aromatic N) is 5. The van der Waals surface area contributed by atoms with Gasteiger partial charge in [-0.05, 0) is 37.5 Å². The summed E-state index contributed by atoms with van der Waals surface area (Å²) in [6.45, 7) is 3.41. The number of nitrogens with one attached hydrogen (secondary N) is 1. The van der Waals surface area contributed by atoms with Gasteiger partial charge in [0.15, 0.2) is 5.82 Å². The maximum atomic E-state index is 12.8. The quantitative estimate of drug-likeness (QED) is 0.622. The number of amides is 2. The smallest absolute Gasteiger partial charge is 0.289 e. The van der Waals surface area contributed by atoms with Crippen LogP contribution in [-0.2, 0) is 13.6 Å². The van der Waals surface area contributed by atoms with Gasteiger partial charge in [-0.1, -0.05) is 12.1 Å². The Morgan fingerprint density at radius 1 is 1.27 bits per heavy atom. The maximum absolute atomic E-state index is 12.8. The maximum Gasteiger partial charge on any atom is 0.289 e. The number of ether oxygens (including phenoxy) is 1. The van der Waals surface area contributed by atoms with Gasteiger partial charge in [0.25, 0.3) is 11.8 Å². The van der Waals surface area contributed by atoms with Gasteiger partial charge in [-0.3, -0.25) is 9.59 Å². The molecule has 1 fully saturated rings. The van der Waals surface area contributed by atoms with Crippen LogP contribution in [0.15, 0.2) is 42.9 Å². The van der Waals surface area contributed by atoms with E-state index in [1.807, 2.05) is 43.1 Å². The first-order valence-electron chi connectivity index (χ1n) is 11.0. The van der Waals surface area contributed by atoms with E-state index in [9.17, 15) is 9.59 Å². The Bertz CT molecular complexity index is 1160. The van der Waals surface area contributed by atoms with E-state index in [4.69, 9.17) is 4.74 Å². The number of methoxy groups -OCH3 is 1. The van der Waals surface area contributed by atoms with E-state index in [1.54, 1.807) is 30.3 Å². The molecule has 3 aromatic rings. The van der Waals surface area contributed by atoms with E-state index < -0.39 is 0 Å². The molecule has 3 heterocycles. The molecule has 33 heavy (non-hydrogen) atoms. The molecule has 1 aliphatic heterocycles. The molecule has 1 aromatic carbocycles. The largest absolute Gasteiger partial charge is 0.497 e. The topological polar surface area (TPSA) is 102 Å². The lowest BCUT2D eigenvalue weighted by molar-refractivity contribution is 0.0688. The van der Waals surface area contributed by atoms with Crippen molar-refractivity contribution in [3.63, 3.8) is 0 Å². The molecule has 1 aliphatic rings. The first-order valence-corrected chi connectivity index (χ1v) is 11.0. The van der Waals surface area contributed by atoms with Crippen LogP contribution in [0, 0.1) is 6.92 Å². The Balaban J connectivity index is 1.41.